The fourth-order valence-corrected chi connectivity index (χ4v) is 2.33. The molecule has 1 unspecified atom stereocenters. The highest BCUT2D eigenvalue weighted by Crippen LogP contribution is 2.24. The van der Waals surface area contributed by atoms with Crippen LogP contribution in [0.5, 0.6) is 0 Å². The van der Waals surface area contributed by atoms with Crippen molar-refractivity contribution in [1.29, 1.82) is 5.26 Å². The third-order valence-corrected chi connectivity index (χ3v) is 3.31. The number of rotatable bonds is 3. The zero-order chi connectivity index (χ0) is 13.8. The van der Waals surface area contributed by atoms with Gasteiger partial charge in [0.05, 0.1) is 11.3 Å². The summed E-state index contributed by atoms with van der Waals surface area (Å²) in [5.41, 5.74) is 5.37. The van der Waals surface area contributed by atoms with Crippen molar-refractivity contribution in [2.75, 3.05) is 5.32 Å². The number of para-hydroxylation sites is 1. The van der Waals surface area contributed by atoms with Crippen LogP contribution in [0.25, 0.3) is 0 Å². The maximum atomic E-state index is 9.10. The molecule has 0 heterocycles. The van der Waals surface area contributed by atoms with Crippen LogP contribution in [0.15, 0.2) is 42.5 Å². The normalized spacial score (nSPS) is 11.7. The largest absolute Gasteiger partial charge is 0.377 e. The molecule has 2 rings (SSSR count). The molecule has 2 aromatic rings. The van der Waals surface area contributed by atoms with Crippen LogP contribution in [0.3, 0.4) is 0 Å². The summed E-state index contributed by atoms with van der Waals surface area (Å²) in [6.45, 7) is 6.34. The van der Waals surface area contributed by atoms with E-state index in [1.54, 1.807) is 0 Å². The Balaban J connectivity index is 2.26. The topological polar surface area (TPSA) is 35.8 Å². The van der Waals surface area contributed by atoms with Gasteiger partial charge in [0.1, 0.15) is 6.07 Å². The lowest BCUT2D eigenvalue weighted by Gasteiger charge is -2.19. The number of hydrogen-bond donors (Lipinski definition) is 1. The van der Waals surface area contributed by atoms with Gasteiger partial charge < -0.3 is 5.32 Å². The first-order valence-electron chi connectivity index (χ1n) is 6.44. The van der Waals surface area contributed by atoms with Crippen molar-refractivity contribution in [2.45, 2.75) is 26.8 Å². The van der Waals surface area contributed by atoms with Crippen LogP contribution in [0.4, 0.5) is 5.69 Å². The van der Waals surface area contributed by atoms with Crippen molar-refractivity contribution < 1.29 is 0 Å². The molecule has 0 saturated heterocycles. The molecule has 0 aliphatic carbocycles. The summed E-state index contributed by atoms with van der Waals surface area (Å²) in [5.74, 6) is 0. The third kappa shape index (κ3) is 2.95. The first kappa shape index (κ1) is 13.2. The summed E-state index contributed by atoms with van der Waals surface area (Å²) in [6.07, 6.45) is 0. The van der Waals surface area contributed by atoms with Gasteiger partial charge >= 0.3 is 0 Å². The van der Waals surface area contributed by atoms with Gasteiger partial charge in [0.15, 0.2) is 0 Å². The molecule has 0 amide bonds. The molecule has 0 fully saturated rings. The Morgan fingerprint density at radius 2 is 1.84 bits per heavy atom. The number of aryl methyl sites for hydroxylation is 2. The highest BCUT2D eigenvalue weighted by Gasteiger charge is 2.10. The molecule has 19 heavy (non-hydrogen) atoms. The average Bonchev–Trinajstić information content (AvgIpc) is 2.39. The molecule has 1 atom stereocenters. The van der Waals surface area contributed by atoms with Crippen molar-refractivity contribution in [3.05, 3.63) is 64.7 Å². The summed E-state index contributed by atoms with van der Waals surface area (Å²) in [6, 6.07) is 16.4. The van der Waals surface area contributed by atoms with E-state index in [4.69, 9.17) is 5.26 Å². The Hall–Kier alpha value is -2.27. The van der Waals surface area contributed by atoms with E-state index < -0.39 is 0 Å². The first-order chi connectivity index (χ1) is 9.11. The lowest BCUT2D eigenvalue weighted by molar-refractivity contribution is 0.872. The molecule has 2 heteroatoms. The number of nitrogens with zero attached hydrogens (tertiary/aromatic N) is 1. The van der Waals surface area contributed by atoms with E-state index in [1.807, 2.05) is 24.3 Å². The van der Waals surface area contributed by atoms with Gasteiger partial charge in [-0.1, -0.05) is 35.9 Å². The number of benzene rings is 2. The van der Waals surface area contributed by atoms with Gasteiger partial charge in [-0.25, -0.2) is 0 Å². The molecular formula is C17H18N2. The summed E-state index contributed by atoms with van der Waals surface area (Å²) in [4.78, 5) is 0. The first-order valence-corrected chi connectivity index (χ1v) is 6.44. The maximum absolute atomic E-state index is 9.10. The van der Waals surface area contributed by atoms with Gasteiger partial charge in [0.25, 0.3) is 0 Å². The summed E-state index contributed by atoms with van der Waals surface area (Å²) in [7, 11) is 0. The maximum Gasteiger partial charge on any atom is 0.101 e. The van der Waals surface area contributed by atoms with Crippen molar-refractivity contribution >= 4 is 5.69 Å². The molecule has 2 aromatic carbocycles. The fourth-order valence-electron chi connectivity index (χ4n) is 2.33. The minimum atomic E-state index is 0.176. The summed E-state index contributed by atoms with van der Waals surface area (Å²) < 4.78 is 0. The molecule has 0 aromatic heterocycles. The van der Waals surface area contributed by atoms with E-state index in [-0.39, 0.29) is 6.04 Å². The molecule has 0 spiro atoms. The molecule has 0 aliphatic heterocycles. The smallest absolute Gasteiger partial charge is 0.101 e. The van der Waals surface area contributed by atoms with Crippen molar-refractivity contribution in [1.82, 2.24) is 0 Å². The second-order valence-corrected chi connectivity index (χ2v) is 4.88. The van der Waals surface area contributed by atoms with E-state index in [2.05, 4.69) is 50.4 Å². The zero-order valence-corrected chi connectivity index (χ0v) is 11.6. The molecule has 0 aliphatic rings. The molecule has 96 valence electrons. The van der Waals surface area contributed by atoms with Crippen LogP contribution in [-0.2, 0) is 0 Å². The Bertz CT molecular complexity index is 623. The number of nitrogens with one attached hydrogen (secondary N) is 1. The minimum Gasteiger partial charge on any atom is -0.377 e. The highest BCUT2D eigenvalue weighted by molar-refractivity contribution is 5.58. The van der Waals surface area contributed by atoms with E-state index in [0.717, 1.165) is 5.69 Å². The minimum absolute atomic E-state index is 0.176. The highest BCUT2D eigenvalue weighted by atomic mass is 14.9. The predicted molar refractivity (Wildman–Crippen MR) is 79.1 cm³/mol. The Morgan fingerprint density at radius 3 is 2.53 bits per heavy atom. The summed E-state index contributed by atoms with van der Waals surface area (Å²) in [5, 5.41) is 12.5. The van der Waals surface area contributed by atoms with Crippen molar-refractivity contribution in [2.24, 2.45) is 0 Å². The molecular weight excluding hydrogens is 232 g/mol. The fraction of sp³-hybridized carbons (Fsp3) is 0.235. The van der Waals surface area contributed by atoms with E-state index >= 15 is 0 Å². The Labute approximate surface area is 114 Å². The Kier molecular flexibility index (Phi) is 3.87. The van der Waals surface area contributed by atoms with Crippen LogP contribution in [-0.4, -0.2) is 0 Å². The van der Waals surface area contributed by atoms with Gasteiger partial charge in [-0.2, -0.15) is 5.26 Å². The van der Waals surface area contributed by atoms with Crippen molar-refractivity contribution in [3.63, 3.8) is 0 Å². The second-order valence-electron chi connectivity index (χ2n) is 4.88. The Morgan fingerprint density at radius 1 is 1.11 bits per heavy atom. The second kappa shape index (κ2) is 5.58. The average molecular weight is 250 g/mol. The van der Waals surface area contributed by atoms with E-state index in [1.165, 1.54) is 16.7 Å². The van der Waals surface area contributed by atoms with E-state index in [0.29, 0.717) is 5.56 Å². The van der Waals surface area contributed by atoms with Gasteiger partial charge in [0, 0.05) is 6.04 Å². The third-order valence-electron chi connectivity index (χ3n) is 3.31. The van der Waals surface area contributed by atoms with Crippen LogP contribution < -0.4 is 5.32 Å². The molecule has 2 nitrogen and oxygen atoms in total. The summed E-state index contributed by atoms with van der Waals surface area (Å²) >= 11 is 0. The standard InChI is InChI=1S/C17H18N2/c1-12-8-9-16(13(2)10-12)14(3)19-17-7-5-4-6-15(17)11-18/h4-10,14,19H,1-3H3. The number of anilines is 1. The quantitative estimate of drug-likeness (QED) is 0.879. The zero-order valence-electron chi connectivity index (χ0n) is 11.6. The van der Waals surface area contributed by atoms with Gasteiger partial charge in [-0.3, -0.25) is 0 Å². The molecule has 1 N–H and O–H groups in total. The van der Waals surface area contributed by atoms with Crippen molar-refractivity contribution in [3.8, 4) is 6.07 Å². The van der Waals surface area contributed by atoms with Crippen LogP contribution in [0, 0.1) is 25.2 Å². The molecule has 0 bridgehead atoms. The number of nitriles is 1. The van der Waals surface area contributed by atoms with Gasteiger partial charge in [0.2, 0.25) is 0 Å². The lowest BCUT2D eigenvalue weighted by atomic mass is 10.00. The molecule has 0 saturated carbocycles. The monoisotopic (exact) mass is 250 g/mol. The SMILES string of the molecule is Cc1ccc(C(C)Nc2ccccc2C#N)c(C)c1. The lowest BCUT2D eigenvalue weighted by Crippen LogP contribution is -2.09. The van der Waals surface area contributed by atoms with Gasteiger partial charge in [-0.05, 0) is 44.0 Å². The predicted octanol–water partition coefficient (Wildman–Crippen LogP) is 4.35. The van der Waals surface area contributed by atoms with Crippen LogP contribution >= 0.6 is 0 Å². The van der Waals surface area contributed by atoms with Gasteiger partial charge in [-0.15, -0.1) is 0 Å². The van der Waals surface area contributed by atoms with E-state index in [9.17, 15) is 0 Å². The number of hydrogen-bond acceptors (Lipinski definition) is 2. The van der Waals surface area contributed by atoms with Crippen LogP contribution in [0.2, 0.25) is 0 Å². The van der Waals surface area contributed by atoms with Crippen LogP contribution in [0.1, 0.15) is 35.2 Å². The molecule has 0 radical (unpaired) electrons.